The highest BCUT2D eigenvalue weighted by atomic mass is 35.5. The Morgan fingerprint density at radius 3 is 1.67 bits per heavy atom. The van der Waals surface area contributed by atoms with E-state index in [1.54, 1.807) is 0 Å². The van der Waals surface area contributed by atoms with Crippen LogP contribution in [0, 0.1) is 34.6 Å². The van der Waals surface area contributed by atoms with Crippen LogP contribution in [0.5, 0.6) is 0 Å². The summed E-state index contributed by atoms with van der Waals surface area (Å²) < 4.78 is 27.7. The van der Waals surface area contributed by atoms with Crippen molar-refractivity contribution in [3.8, 4) is 0 Å². The van der Waals surface area contributed by atoms with Gasteiger partial charge in [-0.1, -0.05) is 0 Å². The topological polar surface area (TPSA) is 58.2 Å². The summed E-state index contributed by atoms with van der Waals surface area (Å²) in [4.78, 5) is 0.447. The van der Waals surface area contributed by atoms with Gasteiger partial charge in [0.1, 0.15) is 0 Å². The summed E-state index contributed by atoms with van der Waals surface area (Å²) in [6, 6.07) is 0. The standard InChI is InChI=1S/C15H26N2O2S.ClH/c1-10-11(2)13(4)15(14(5)12(10)3)20(18,19)17-9-7-8-16-6;/h16-17H,7-9H2,1-6H3;1H. The average Bonchev–Trinajstić information content (AvgIpc) is 2.39. The van der Waals surface area contributed by atoms with Gasteiger partial charge in [0.15, 0.2) is 0 Å². The second kappa shape index (κ2) is 8.13. The van der Waals surface area contributed by atoms with Crippen molar-refractivity contribution >= 4 is 22.4 Å². The number of hydrogen-bond acceptors (Lipinski definition) is 3. The molecule has 0 aliphatic carbocycles. The molecular weight excluding hydrogens is 308 g/mol. The molecule has 0 aromatic heterocycles. The molecule has 0 heterocycles. The van der Waals surface area contributed by atoms with Crippen molar-refractivity contribution in [3.63, 3.8) is 0 Å². The van der Waals surface area contributed by atoms with Crippen LogP contribution < -0.4 is 10.0 Å². The van der Waals surface area contributed by atoms with Crippen molar-refractivity contribution in [2.75, 3.05) is 20.1 Å². The van der Waals surface area contributed by atoms with E-state index < -0.39 is 10.0 Å². The Morgan fingerprint density at radius 1 is 0.810 bits per heavy atom. The molecule has 2 N–H and O–H groups in total. The van der Waals surface area contributed by atoms with E-state index in [0.29, 0.717) is 11.4 Å². The molecule has 0 unspecified atom stereocenters. The highest BCUT2D eigenvalue weighted by Gasteiger charge is 2.22. The number of benzene rings is 1. The van der Waals surface area contributed by atoms with E-state index in [1.165, 1.54) is 5.56 Å². The second-order valence-electron chi connectivity index (χ2n) is 5.31. The molecule has 6 heteroatoms. The van der Waals surface area contributed by atoms with Gasteiger partial charge in [0, 0.05) is 6.54 Å². The average molecular weight is 335 g/mol. The molecule has 0 aliphatic rings. The van der Waals surface area contributed by atoms with Crippen LogP contribution in [0.2, 0.25) is 0 Å². The van der Waals surface area contributed by atoms with Crippen LogP contribution in [0.25, 0.3) is 0 Å². The zero-order chi connectivity index (χ0) is 15.5. The first-order valence-corrected chi connectivity index (χ1v) is 8.43. The number of nitrogens with one attached hydrogen (secondary N) is 2. The Morgan fingerprint density at radius 2 is 1.24 bits per heavy atom. The van der Waals surface area contributed by atoms with Crippen molar-refractivity contribution in [1.29, 1.82) is 0 Å². The fourth-order valence-electron chi connectivity index (χ4n) is 2.41. The third-order valence-electron chi connectivity index (χ3n) is 4.10. The fourth-order valence-corrected chi connectivity index (χ4v) is 4.08. The summed E-state index contributed by atoms with van der Waals surface area (Å²) >= 11 is 0. The Kier molecular flexibility index (Phi) is 7.89. The molecule has 0 spiro atoms. The number of rotatable bonds is 6. The Hall–Kier alpha value is -0.620. The van der Waals surface area contributed by atoms with Crippen molar-refractivity contribution in [2.24, 2.45) is 0 Å². The van der Waals surface area contributed by atoms with Crippen molar-refractivity contribution in [3.05, 3.63) is 27.8 Å². The van der Waals surface area contributed by atoms with E-state index in [2.05, 4.69) is 10.0 Å². The van der Waals surface area contributed by atoms with E-state index in [1.807, 2.05) is 41.7 Å². The molecule has 1 aromatic rings. The normalized spacial score (nSPS) is 11.3. The lowest BCUT2D eigenvalue weighted by atomic mass is 9.95. The number of sulfonamides is 1. The summed E-state index contributed by atoms with van der Waals surface area (Å²) in [5.74, 6) is 0. The predicted octanol–water partition coefficient (Wildman–Crippen LogP) is 2.54. The van der Waals surface area contributed by atoms with Crippen LogP contribution in [0.1, 0.15) is 34.2 Å². The summed E-state index contributed by atoms with van der Waals surface area (Å²) in [6.45, 7) is 11.0. The van der Waals surface area contributed by atoms with Crippen molar-refractivity contribution in [2.45, 2.75) is 45.9 Å². The van der Waals surface area contributed by atoms with Gasteiger partial charge in [-0.25, -0.2) is 13.1 Å². The van der Waals surface area contributed by atoms with Gasteiger partial charge in [-0.3, -0.25) is 0 Å². The minimum Gasteiger partial charge on any atom is -0.320 e. The Balaban J connectivity index is 0.00000400. The lowest BCUT2D eigenvalue weighted by molar-refractivity contribution is 0.575. The SMILES string of the molecule is CNCCCNS(=O)(=O)c1c(C)c(C)c(C)c(C)c1C.Cl. The second-order valence-corrected chi connectivity index (χ2v) is 7.01. The van der Waals surface area contributed by atoms with Crippen LogP contribution in [-0.2, 0) is 10.0 Å². The first kappa shape index (κ1) is 20.4. The summed E-state index contributed by atoms with van der Waals surface area (Å²) in [5, 5.41) is 3.01. The van der Waals surface area contributed by atoms with Crippen LogP contribution in [0.15, 0.2) is 4.90 Å². The molecule has 0 atom stereocenters. The summed E-state index contributed by atoms with van der Waals surface area (Å²) in [7, 11) is -1.58. The zero-order valence-electron chi connectivity index (χ0n) is 13.8. The molecule has 122 valence electrons. The van der Waals surface area contributed by atoms with Gasteiger partial charge >= 0.3 is 0 Å². The van der Waals surface area contributed by atoms with Crippen molar-refractivity contribution < 1.29 is 8.42 Å². The first-order valence-electron chi connectivity index (χ1n) is 6.95. The molecular formula is C15H27ClN2O2S. The predicted molar refractivity (Wildman–Crippen MR) is 91.1 cm³/mol. The smallest absolute Gasteiger partial charge is 0.241 e. The third-order valence-corrected chi connectivity index (χ3v) is 5.83. The maximum absolute atomic E-state index is 12.5. The molecule has 0 fully saturated rings. The van der Waals surface area contributed by atoms with Crippen LogP contribution in [0.4, 0.5) is 0 Å². The van der Waals surface area contributed by atoms with E-state index in [-0.39, 0.29) is 12.4 Å². The Bertz CT molecular complexity index is 569. The first-order chi connectivity index (χ1) is 9.24. The van der Waals surface area contributed by atoms with Crippen molar-refractivity contribution in [1.82, 2.24) is 10.0 Å². The maximum Gasteiger partial charge on any atom is 0.241 e. The molecule has 21 heavy (non-hydrogen) atoms. The number of halogens is 1. The van der Waals surface area contributed by atoms with Crippen LogP contribution in [-0.4, -0.2) is 28.6 Å². The highest BCUT2D eigenvalue weighted by Crippen LogP contribution is 2.29. The van der Waals surface area contributed by atoms with E-state index in [4.69, 9.17) is 0 Å². The van der Waals surface area contributed by atoms with E-state index in [9.17, 15) is 8.42 Å². The lowest BCUT2D eigenvalue weighted by Crippen LogP contribution is -2.28. The quantitative estimate of drug-likeness (QED) is 0.786. The van der Waals surface area contributed by atoms with Gasteiger partial charge in [-0.15, -0.1) is 12.4 Å². The minimum atomic E-state index is -3.44. The molecule has 0 saturated heterocycles. The zero-order valence-corrected chi connectivity index (χ0v) is 15.4. The van der Waals surface area contributed by atoms with Gasteiger partial charge in [-0.05, 0) is 82.4 Å². The van der Waals surface area contributed by atoms with Gasteiger partial charge < -0.3 is 5.32 Å². The molecule has 1 aromatic carbocycles. The van der Waals surface area contributed by atoms with Crippen LogP contribution in [0.3, 0.4) is 0 Å². The fraction of sp³-hybridized carbons (Fsp3) is 0.600. The maximum atomic E-state index is 12.5. The van der Waals surface area contributed by atoms with Crippen LogP contribution >= 0.6 is 12.4 Å². The summed E-state index contributed by atoms with van der Waals surface area (Å²) in [6.07, 6.45) is 0.775. The lowest BCUT2D eigenvalue weighted by Gasteiger charge is -2.19. The van der Waals surface area contributed by atoms with Gasteiger partial charge in [0.05, 0.1) is 4.90 Å². The van der Waals surface area contributed by atoms with E-state index in [0.717, 1.165) is 35.2 Å². The molecule has 0 aliphatic heterocycles. The van der Waals surface area contributed by atoms with E-state index >= 15 is 0 Å². The molecule has 0 radical (unpaired) electrons. The molecule has 0 saturated carbocycles. The monoisotopic (exact) mass is 334 g/mol. The molecule has 1 rings (SSSR count). The molecule has 4 nitrogen and oxygen atoms in total. The Labute approximate surface area is 135 Å². The molecule has 0 bridgehead atoms. The molecule has 0 amide bonds. The number of hydrogen-bond donors (Lipinski definition) is 2. The highest BCUT2D eigenvalue weighted by molar-refractivity contribution is 7.89. The van der Waals surface area contributed by atoms with Gasteiger partial charge in [0.25, 0.3) is 0 Å². The van der Waals surface area contributed by atoms with Gasteiger partial charge in [-0.2, -0.15) is 0 Å². The summed E-state index contributed by atoms with van der Waals surface area (Å²) in [5.41, 5.74) is 5.00. The largest absolute Gasteiger partial charge is 0.320 e. The third kappa shape index (κ3) is 4.42. The minimum absolute atomic E-state index is 0. The van der Waals surface area contributed by atoms with Gasteiger partial charge in [0.2, 0.25) is 10.0 Å².